The van der Waals surface area contributed by atoms with Crippen molar-refractivity contribution in [3.63, 3.8) is 0 Å². The summed E-state index contributed by atoms with van der Waals surface area (Å²) in [6.45, 7) is 0. The molecule has 5 nitrogen and oxygen atoms in total. The molecule has 0 amide bonds. The van der Waals surface area contributed by atoms with Gasteiger partial charge in [-0.3, -0.25) is 4.40 Å². The molecular weight excluding hydrogens is 562 g/mol. The first-order chi connectivity index (χ1) is 22.7. The molecule has 0 aliphatic heterocycles. The van der Waals surface area contributed by atoms with Crippen molar-refractivity contribution in [1.29, 1.82) is 5.26 Å². The van der Waals surface area contributed by atoms with Gasteiger partial charge in [-0.15, -0.1) is 0 Å². The number of rotatable bonds is 4. The molecule has 5 heteroatoms. The van der Waals surface area contributed by atoms with E-state index in [1.54, 1.807) is 0 Å². The Morgan fingerprint density at radius 3 is 1.83 bits per heavy atom. The van der Waals surface area contributed by atoms with Crippen LogP contribution in [0.1, 0.15) is 5.56 Å². The molecule has 0 atom stereocenters. The number of hydrogen-bond donors (Lipinski definition) is 0. The Kier molecular flexibility index (Phi) is 5.81. The minimum atomic E-state index is 0.646. The van der Waals surface area contributed by atoms with Gasteiger partial charge < -0.3 is 4.57 Å². The van der Waals surface area contributed by atoms with E-state index in [1.807, 2.05) is 48.5 Å². The third kappa shape index (κ3) is 4.09. The van der Waals surface area contributed by atoms with Gasteiger partial charge >= 0.3 is 0 Å². The molecule has 0 radical (unpaired) electrons. The Morgan fingerprint density at radius 1 is 0.500 bits per heavy atom. The molecule has 9 aromatic rings. The van der Waals surface area contributed by atoms with Crippen LogP contribution >= 0.6 is 0 Å². The van der Waals surface area contributed by atoms with Gasteiger partial charge in [0.1, 0.15) is 0 Å². The van der Waals surface area contributed by atoms with Crippen molar-refractivity contribution in [3.05, 3.63) is 157 Å². The van der Waals surface area contributed by atoms with Gasteiger partial charge in [-0.25, -0.2) is 9.97 Å². The fraction of sp³-hybridized carbons (Fsp3) is 0. The predicted octanol–water partition coefficient (Wildman–Crippen LogP) is 9.85. The maximum Gasteiger partial charge on any atom is 0.235 e. The molecule has 0 fully saturated rings. The average Bonchev–Trinajstić information content (AvgIpc) is 3.66. The summed E-state index contributed by atoms with van der Waals surface area (Å²) in [6.07, 6.45) is 0. The lowest BCUT2D eigenvalue weighted by Gasteiger charge is -2.10. The smallest absolute Gasteiger partial charge is 0.235 e. The van der Waals surface area contributed by atoms with Crippen LogP contribution in [0.3, 0.4) is 0 Å². The molecule has 6 aromatic carbocycles. The molecule has 214 valence electrons. The summed E-state index contributed by atoms with van der Waals surface area (Å²) in [4.78, 5) is 10.1. The number of benzene rings is 6. The van der Waals surface area contributed by atoms with E-state index in [4.69, 9.17) is 9.97 Å². The second kappa shape index (κ2) is 10.3. The number of hydrogen-bond acceptors (Lipinski definition) is 3. The van der Waals surface area contributed by atoms with Gasteiger partial charge in [-0.05, 0) is 77.4 Å². The molecule has 3 heterocycles. The second-order valence-electron chi connectivity index (χ2n) is 11.5. The number of nitriles is 1. The molecular formula is C41H25N5. The van der Waals surface area contributed by atoms with Crippen LogP contribution < -0.4 is 0 Å². The van der Waals surface area contributed by atoms with Gasteiger partial charge in [-0.1, -0.05) is 91.0 Å². The van der Waals surface area contributed by atoms with Crippen molar-refractivity contribution >= 4 is 38.6 Å². The molecule has 0 saturated carbocycles. The number of aromatic nitrogens is 4. The van der Waals surface area contributed by atoms with Crippen LogP contribution in [0.2, 0.25) is 0 Å². The highest BCUT2D eigenvalue weighted by atomic mass is 15.1. The zero-order valence-electron chi connectivity index (χ0n) is 24.7. The molecule has 0 aliphatic carbocycles. The Hall–Kier alpha value is -6.51. The maximum absolute atomic E-state index is 9.69. The second-order valence-corrected chi connectivity index (χ2v) is 11.5. The molecule has 0 bridgehead atoms. The molecule has 0 saturated heterocycles. The third-order valence-corrected chi connectivity index (χ3v) is 8.75. The van der Waals surface area contributed by atoms with Gasteiger partial charge in [0.2, 0.25) is 5.78 Å². The largest absolute Gasteiger partial charge is 0.309 e. The minimum Gasteiger partial charge on any atom is -0.309 e. The predicted molar refractivity (Wildman–Crippen MR) is 186 cm³/mol. The van der Waals surface area contributed by atoms with Crippen molar-refractivity contribution in [2.45, 2.75) is 0 Å². The van der Waals surface area contributed by atoms with Crippen LogP contribution in [-0.2, 0) is 0 Å². The fourth-order valence-electron chi connectivity index (χ4n) is 6.60. The van der Waals surface area contributed by atoms with Gasteiger partial charge in [0, 0.05) is 22.0 Å². The average molecular weight is 588 g/mol. The summed E-state index contributed by atoms with van der Waals surface area (Å²) < 4.78 is 4.42. The fourth-order valence-corrected chi connectivity index (χ4v) is 6.60. The number of fused-ring (bicyclic) bond motifs is 6. The first-order valence-corrected chi connectivity index (χ1v) is 15.2. The van der Waals surface area contributed by atoms with Crippen molar-refractivity contribution in [3.8, 4) is 45.4 Å². The zero-order chi connectivity index (χ0) is 30.6. The summed E-state index contributed by atoms with van der Waals surface area (Å²) in [5, 5.41) is 11.8. The first kappa shape index (κ1) is 25.9. The molecule has 0 aliphatic rings. The zero-order valence-corrected chi connectivity index (χ0v) is 24.7. The Bertz CT molecular complexity index is 2630. The van der Waals surface area contributed by atoms with E-state index >= 15 is 0 Å². The lowest BCUT2D eigenvalue weighted by Crippen LogP contribution is -1.97. The van der Waals surface area contributed by atoms with Crippen molar-refractivity contribution in [2.75, 3.05) is 0 Å². The van der Waals surface area contributed by atoms with Crippen molar-refractivity contribution in [1.82, 2.24) is 18.9 Å². The van der Waals surface area contributed by atoms with Gasteiger partial charge in [0.25, 0.3) is 0 Å². The highest BCUT2D eigenvalue weighted by molar-refractivity contribution is 6.11. The number of imidazole rings is 1. The van der Waals surface area contributed by atoms with E-state index in [2.05, 4.69) is 118 Å². The normalized spacial score (nSPS) is 11.5. The maximum atomic E-state index is 9.69. The molecule has 46 heavy (non-hydrogen) atoms. The van der Waals surface area contributed by atoms with Gasteiger partial charge in [0.05, 0.1) is 45.1 Å². The van der Waals surface area contributed by atoms with E-state index in [1.165, 1.54) is 0 Å². The van der Waals surface area contributed by atoms with E-state index in [0.29, 0.717) is 11.3 Å². The Labute approximate surface area is 264 Å². The van der Waals surface area contributed by atoms with Crippen LogP contribution in [-0.4, -0.2) is 18.9 Å². The van der Waals surface area contributed by atoms with Crippen LogP contribution in [0.5, 0.6) is 0 Å². The molecule has 0 spiro atoms. The van der Waals surface area contributed by atoms with Gasteiger partial charge in [0.15, 0.2) is 0 Å². The Morgan fingerprint density at radius 2 is 1.11 bits per heavy atom. The summed E-state index contributed by atoms with van der Waals surface area (Å²) in [7, 11) is 0. The first-order valence-electron chi connectivity index (χ1n) is 15.2. The van der Waals surface area contributed by atoms with Crippen LogP contribution in [0.25, 0.3) is 77.9 Å². The SMILES string of the molecule is N#Cc1ccc2c(c1)c1cc(-c3ccc4c(c3)nc3nc(-c5ccccc5)cc(-c5ccccc5)n34)ccc1n2-c1ccccc1. The molecule has 3 aromatic heterocycles. The highest BCUT2D eigenvalue weighted by Crippen LogP contribution is 2.37. The molecule has 0 N–H and O–H groups in total. The Balaban J connectivity index is 1.25. The summed E-state index contributed by atoms with van der Waals surface area (Å²) in [6, 6.07) is 54.5. The summed E-state index contributed by atoms with van der Waals surface area (Å²) >= 11 is 0. The quantitative estimate of drug-likeness (QED) is 0.206. The minimum absolute atomic E-state index is 0.646. The van der Waals surface area contributed by atoms with Crippen molar-refractivity contribution < 1.29 is 0 Å². The van der Waals surface area contributed by atoms with E-state index in [-0.39, 0.29) is 0 Å². The summed E-state index contributed by atoms with van der Waals surface area (Å²) in [5.74, 6) is 0.665. The standard InChI is InChI=1S/C41H25N5/c42-26-27-16-19-37-33(22-27)34-23-30(17-20-38(34)45(37)32-14-8-3-9-15-32)31-18-21-39-36(24-31)44-41-43-35(28-10-4-1-5-11-28)25-40(46(39)41)29-12-6-2-7-13-29/h1-25H. The van der Waals surface area contributed by atoms with E-state index < -0.39 is 0 Å². The summed E-state index contributed by atoms with van der Waals surface area (Å²) in [5.41, 5.74) is 12.0. The third-order valence-electron chi connectivity index (χ3n) is 8.75. The van der Waals surface area contributed by atoms with Crippen LogP contribution in [0, 0.1) is 11.3 Å². The highest BCUT2D eigenvalue weighted by Gasteiger charge is 2.17. The topological polar surface area (TPSA) is 58.9 Å². The lowest BCUT2D eigenvalue weighted by molar-refractivity contribution is 1.14. The lowest BCUT2D eigenvalue weighted by atomic mass is 10.0. The number of para-hydroxylation sites is 1. The molecule has 9 rings (SSSR count). The van der Waals surface area contributed by atoms with E-state index in [0.717, 1.165) is 72.2 Å². The van der Waals surface area contributed by atoms with Crippen LogP contribution in [0.4, 0.5) is 0 Å². The van der Waals surface area contributed by atoms with Gasteiger partial charge in [-0.2, -0.15) is 5.26 Å². The number of nitrogens with zero attached hydrogens (tertiary/aromatic N) is 5. The van der Waals surface area contributed by atoms with E-state index in [9.17, 15) is 5.26 Å². The molecule has 0 unspecified atom stereocenters. The van der Waals surface area contributed by atoms with Crippen LogP contribution in [0.15, 0.2) is 152 Å². The van der Waals surface area contributed by atoms with Crippen molar-refractivity contribution in [2.24, 2.45) is 0 Å². The monoisotopic (exact) mass is 587 g/mol.